The fourth-order valence-corrected chi connectivity index (χ4v) is 5.47. The number of hydrogen-bond donors (Lipinski definition) is 0. The molecular formula is C21H33NO4S. The van der Waals surface area contributed by atoms with E-state index < -0.39 is 10.0 Å². The molecule has 0 bridgehead atoms. The summed E-state index contributed by atoms with van der Waals surface area (Å²) in [5.41, 5.74) is 1.07. The monoisotopic (exact) mass is 395 g/mol. The van der Waals surface area contributed by atoms with E-state index >= 15 is 0 Å². The molecule has 5 nitrogen and oxygen atoms in total. The summed E-state index contributed by atoms with van der Waals surface area (Å²) in [4.78, 5) is 0. The van der Waals surface area contributed by atoms with E-state index in [-0.39, 0.29) is 10.9 Å². The highest BCUT2D eigenvalue weighted by atomic mass is 32.2. The van der Waals surface area contributed by atoms with E-state index in [0.717, 1.165) is 45.3 Å². The summed E-state index contributed by atoms with van der Waals surface area (Å²) >= 11 is 0. The maximum absolute atomic E-state index is 12.4. The molecule has 2 aliphatic heterocycles. The summed E-state index contributed by atoms with van der Waals surface area (Å²) in [6.45, 7) is 6.88. The highest BCUT2D eigenvalue weighted by molar-refractivity contribution is 7.89. The first-order valence-electron chi connectivity index (χ1n) is 10.2. The first-order chi connectivity index (χ1) is 12.9. The van der Waals surface area contributed by atoms with Gasteiger partial charge in [0, 0.05) is 26.3 Å². The van der Waals surface area contributed by atoms with E-state index in [0.29, 0.717) is 25.6 Å². The van der Waals surface area contributed by atoms with E-state index in [1.165, 1.54) is 5.56 Å². The van der Waals surface area contributed by atoms with Gasteiger partial charge in [0.15, 0.2) is 0 Å². The summed E-state index contributed by atoms with van der Waals surface area (Å²) in [5.74, 6) is 0.600. The van der Waals surface area contributed by atoms with Crippen LogP contribution >= 0.6 is 0 Å². The molecule has 2 fully saturated rings. The molecule has 2 saturated heterocycles. The number of piperidine rings is 1. The molecule has 2 heterocycles. The predicted molar refractivity (Wildman–Crippen MR) is 107 cm³/mol. The van der Waals surface area contributed by atoms with E-state index in [4.69, 9.17) is 9.47 Å². The van der Waals surface area contributed by atoms with E-state index in [1.54, 1.807) is 18.2 Å². The smallest absolute Gasteiger partial charge is 0.216 e. The summed E-state index contributed by atoms with van der Waals surface area (Å²) in [6, 6.07) is 10.3. The molecule has 0 aliphatic carbocycles. The lowest BCUT2D eigenvalue weighted by molar-refractivity contribution is -0.123. The molecule has 1 aromatic rings. The van der Waals surface area contributed by atoms with Gasteiger partial charge in [0.1, 0.15) is 0 Å². The van der Waals surface area contributed by atoms with Crippen LogP contribution in [0.15, 0.2) is 30.3 Å². The Morgan fingerprint density at radius 1 is 1.22 bits per heavy atom. The van der Waals surface area contributed by atoms with Crippen molar-refractivity contribution in [3.63, 3.8) is 0 Å². The molecule has 152 valence electrons. The second kappa shape index (κ2) is 9.03. The highest BCUT2D eigenvalue weighted by Gasteiger charge is 2.42. The van der Waals surface area contributed by atoms with Crippen LogP contribution in [0.3, 0.4) is 0 Å². The fraction of sp³-hybridized carbons (Fsp3) is 0.714. The third kappa shape index (κ3) is 5.31. The Balaban J connectivity index is 1.44. The Morgan fingerprint density at radius 2 is 1.93 bits per heavy atom. The molecular weight excluding hydrogens is 362 g/mol. The first-order valence-corrected chi connectivity index (χ1v) is 11.7. The Hall–Kier alpha value is -0.950. The number of benzene rings is 1. The van der Waals surface area contributed by atoms with Crippen LogP contribution in [0.1, 0.15) is 51.5 Å². The average molecular weight is 396 g/mol. The van der Waals surface area contributed by atoms with Gasteiger partial charge in [-0.3, -0.25) is 0 Å². The van der Waals surface area contributed by atoms with E-state index in [1.807, 2.05) is 18.2 Å². The lowest BCUT2D eigenvalue weighted by Crippen LogP contribution is -2.51. The van der Waals surface area contributed by atoms with Gasteiger partial charge in [0.2, 0.25) is 10.0 Å². The van der Waals surface area contributed by atoms with Gasteiger partial charge in [0.05, 0.1) is 17.5 Å². The maximum Gasteiger partial charge on any atom is 0.216 e. The molecule has 1 aromatic carbocycles. The lowest BCUT2D eigenvalue weighted by atomic mass is 9.79. The minimum atomic E-state index is -3.15. The number of rotatable bonds is 7. The molecule has 0 aromatic heterocycles. The van der Waals surface area contributed by atoms with Crippen molar-refractivity contribution in [3.8, 4) is 0 Å². The van der Waals surface area contributed by atoms with Gasteiger partial charge < -0.3 is 9.47 Å². The quantitative estimate of drug-likeness (QED) is 0.662. The van der Waals surface area contributed by atoms with Crippen LogP contribution < -0.4 is 0 Å². The van der Waals surface area contributed by atoms with Crippen LogP contribution in [-0.2, 0) is 26.1 Å². The van der Waals surface area contributed by atoms with E-state index in [9.17, 15) is 8.42 Å². The molecule has 1 atom stereocenters. The van der Waals surface area contributed by atoms with Crippen molar-refractivity contribution in [2.75, 3.05) is 26.3 Å². The molecule has 6 heteroatoms. The largest absolute Gasteiger partial charge is 0.377 e. The number of ether oxygens (including phenoxy) is 2. The van der Waals surface area contributed by atoms with Gasteiger partial charge in [-0.2, -0.15) is 0 Å². The molecule has 2 aliphatic rings. The topological polar surface area (TPSA) is 55.8 Å². The lowest BCUT2D eigenvalue weighted by Gasteiger charge is -2.46. The molecule has 27 heavy (non-hydrogen) atoms. The summed E-state index contributed by atoms with van der Waals surface area (Å²) in [6.07, 6.45) is 4.76. The van der Waals surface area contributed by atoms with Crippen molar-refractivity contribution in [1.29, 1.82) is 0 Å². The van der Waals surface area contributed by atoms with E-state index in [2.05, 4.69) is 12.1 Å². The molecule has 0 saturated carbocycles. The minimum Gasteiger partial charge on any atom is -0.377 e. The zero-order chi connectivity index (χ0) is 19.3. The van der Waals surface area contributed by atoms with Gasteiger partial charge in [-0.05, 0) is 57.4 Å². The Labute approximate surface area is 164 Å². The van der Waals surface area contributed by atoms with Crippen LogP contribution in [0.25, 0.3) is 0 Å². The maximum atomic E-state index is 12.4. The molecule has 3 rings (SSSR count). The van der Waals surface area contributed by atoms with Gasteiger partial charge in [0.25, 0.3) is 0 Å². The third-order valence-corrected chi connectivity index (χ3v) is 8.24. The second-order valence-electron chi connectivity index (χ2n) is 8.21. The Kier molecular flexibility index (Phi) is 6.95. The van der Waals surface area contributed by atoms with Gasteiger partial charge in [-0.1, -0.05) is 30.3 Å². The van der Waals surface area contributed by atoms with Crippen molar-refractivity contribution < 1.29 is 17.9 Å². The van der Waals surface area contributed by atoms with Gasteiger partial charge >= 0.3 is 0 Å². The molecule has 1 unspecified atom stereocenters. The molecule has 1 spiro atoms. The van der Waals surface area contributed by atoms with Crippen LogP contribution in [0, 0.1) is 5.92 Å². The molecule has 0 radical (unpaired) electrons. The fourth-order valence-electron chi connectivity index (χ4n) is 4.18. The van der Waals surface area contributed by atoms with Gasteiger partial charge in [-0.15, -0.1) is 0 Å². The van der Waals surface area contributed by atoms with Crippen LogP contribution in [-0.4, -0.2) is 49.9 Å². The normalized spacial score (nSPS) is 23.7. The summed E-state index contributed by atoms with van der Waals surface area (Å²) in [7, 11) is -3.15. The zero-order valence-electron chi connectivity index (χ0n) is 16.6. The van der Waals surface area contributed by atoms with Crippen molar-refractivity contribution in [3.05, 3.63) is 35.9 Å². The highest BCUT2D eigenvalue weighted by Crippen LogP contribution is 2.39. The first kappa shape index (κ1) is 20.8. The van der Waals surface area contributed by atoms with Crippen molar-refractivity contribution >= 4 is 10.0 Å². The van der Waals surface area contributed by atoms with Crippen molar-refractivity contribution in [1.82, 2.24) is 4.31 Å². The third-order valence-electron chi connectivity index (χ3n) is 5.97. The van der Waals surface area contributed by atoms with Crippen LogP contribution in [0.2, 0.25) is 0 Å². The standard InChI is InChI=1S/C21H33NO4S/c1-18(2)27(23,24)22-12-10-21(11-13-22)16-19(9-15-26-21)8-14-25-17-20-6-4-3-5-7-20/h3-7,18-19H,8-17H2,1-2H3. The van der Waals surface area contributed by atoms with Gasteiger partial charge in [-0.25, -0.2) is 12.7 Å². The Bertz CT molecular complexity index is 681. The number of sulfonamides is 1. The predicted octanol–water partition coefficient (Wildman–Crippen LogP) is 3.59. The average Bonchev–Trinajstić information content (AvgIpc) is 2.66. The molecule has 0 amide bonds. The summed E-state index contributed by atoms with van der Waals surface area (Å²) < 4.78 is 38.4. The number of nitrogens with zero attached hydrogens (tertiary/aromatic N) is 1. The molecule has 0 N–H and O–H groups in total. The SMILES string of the molecule is CC(C)S(=O)(=O)N1CCC2(CC1)CC(CCOCc1ccccc1)CCO2. The number of hydrogen-bond acceptors (Lipinski definition) is 4. The summed E-state index contributed by atoms with van der Waals surface area (Å²) in [5, 5.41) is -0.353. The second-order valence-corrected chi connectivity index (χ2v) is 10.7. The minimum absolute atomic E-state index is 0.134. The Morgan fingerprint density at radius 3 is 2.59 bits per heavy atom. The van der Waals surface area contributed by atoms with Crippen LogP contribution in [0.5, 0.6) is 0 Å². The van der Waals surface area contributed by atoms with Crippen molar-refractivity contribution in [2.45, 2.75) is 63.4 Å². The van der Waals surface area contributed by atoms with Crippen LogP contribution in [0.4, 0.5) is 0 Å². The van der Waals surface area contributed by atoms with Crippen molar-refractivity contribution in [2.24, 2.45) is 5.92 Å². The zero-order valence-corrected chi connectivity index (χ0v) is 17.4.